The van der Waals surface area contributed by atoms with Gasteiger partial charge in [0.25, 0.3) is 0 Å². The van der Waals surface area contributed by atoms with Gasteiger partial charge in [-0.3, -0.25) is 0 Å². The second-order valence-electron chi connectivity index (χ2n) is 9.08. The van der Waals surface area contributed by atoms with E-state index < -0.39 is 22.5 Å². The fourth-order valence-electron chi connectivity index (χ4n) is 4.13. The Labute approximate surface area is 218 Å². The smallest absolute Gasteiger partial charge is 0.212 e. The summed E-state index contributed by atoms with van der Waals surface area (Å²) < 4.78 is 33.0. The quantitative estimate of drug-likeness (QED) is 0.307. The Kier molecular flexibility index (Phi) is 8.85. The van der Waals surface area contributed by atoms with E-state index >= 15 is 0 Å². The van der Waals surface area contributed by atoms with E-state index in [2.05, 4.69) is 116 Å². The average Bonchev–Trinajstić information content (AvgIpc) is 3.11. The van der Waals surface area contributed by atoms with Gasteiger partial charge in [-0.25, -0.2) is 13.4 Å². The molecule has 0 unspecified atom stereocenters. The van der Waals surface area contributed by atoms with Crippen LogP contribution < -0.4 is 9.47 Å². The minimum atomic E-state index is -4.17. The first-order valence-corrected chi connectivity index (χ1v) is 13.4. The van der Waals surface area contributed by atoms with Crippen molar-refractivity contribution in [2.24, 2.45) is 7.05 Å². The van der Waals surface area contributed by atoms with Crippen molar-refractivity contribution in [2.75, 3.05) is 31.4 Å². The molecule has 0 aliphatic carbocycles. The lowest BCUT2D eigenvalue weighted by atomic mass is 10.1. The van der Waals surface area contributed by atoms with Crippen LogP contribution in [-0.4, -0.2) is 54.1 Å². The third-order valence-electron chi connectivity index (χ3n) is 6.15. The molecule has 0 spiro atoms. The van der Waals surface area contributed by atoms with Gasteiger partial charge in [0.15, 0.2) is 0 Å². The van der Waals surface area contributed by atoms with Crippen molar-refractivity contribution in [1.29, 1.82) is 0 Å². The maximum absolute atomic E-state index is 9.52. The van der Waals surface area contributed by atoms with Crippen LogP contribution in [0.1, 0.15) is 28.2 Å². The van der Waals surface area contributed by atoms with Crippen LogP contribution in [0.3, 0.4) is 0 Å². The minimum Gasteiger partial charge on any atom is -0.748 e. The Morgan fingerprint density at radius 1 is 1.08 bits per heavy atom. The zero-order chi connectivity index (χ0) is 27.3. The second kappa shape index (κ2) is 11.7. The van der Waals surface area contributed by atoms with E-state index in [1.807, 2.05) is 12.3 Å². The van der Waals surface area contributed by atoms with E-state index in [-0.39, 0.29) is 0 Å². The summed E-state index contributed by atoms with van der Waals surface area (Å²) in [6.45, 7) is 5.81. The monoisotopic (exact) mass is 522 g/mol. The second-order valence-corrected chi connectivity index (χ2v) is 10.6. The molecule has 0 fully saturated rings. The molecule has 3 aromatic heterocycles. The first-order chi connectivity index (χ1) is 17.4. The van der Waals surface area contributed by atoms with Crippen LogP contribution in [0, 0.1) is 20.8 Å². The summed E-state index contributed by atoms with van der Waals surface area (Å²) >= 11 is 0. The van der Waals surface area contributed by atoms with Crippen LogP contribution in [0.4, 0.5) is 5.69 Å². The fraction of sp³-hybridized carbons (Fsp3) is 0.286. The number of rotatable bonds is 6. The molecule has 4 aromatic rings. The Hall–Kier alpha value is -3.53. The molecule has 196 valence electrons. The molecular weight excluding hydrogens is 488 g/mol. The highest BCUT2D eigenvalue weighted by atomic mass is 32.2. The van der Waals surface area contributed by atoms with Gasteiger partial charge in [-0.2, -0.15) is 4.57 Å². The van der Waals surface area contributed by atoms with Gasteiger partial charge in [-0.15, -0.1) is 0 Å². The van der Waals surface area contributed by atoms with Crippen LogP contribution in [-0.2, 0) is 17.2 Å². The van der Waals surface area contributed by atoms with Crippen molar-refractivity contribution < 1.29 is 22.6 Å². The molecule has 0 radical (unpaired) electrons. The third kappa shape index (κ3) is 6.82. The number of aliphatic hydroxyl groups is 1. The van der Waals surface area contributed by atoms with Crippen molar-refractivity contribution in [3.8, 4) is 5.82 Å². The summed E-state index contributed by atoms with van der Waals surface area (Å²) in [4.78, 5) is 6.73. The first-order valence-electron chi connectivity index (χ1n) is 11.9. The predicted molar refractivity (Wildman–Crippen MR) is 148 cm³/mol. The number of hydrogen-bond donors (Lipinski definition) is 1. The van der Waals surface area contributed by atoms with E-state index in [9.17, 15) is 13.0 Å². The summed E-state index contributed by atoms with van der Waals surface area (Å²) in [5.41, 5.74) is 8.37. The summed E-state index contributed by atoms with van der Waals surface area (Å²) in [5, 5.41) is 9.06. The lowest BCUT2D eigenvalue weighted by Crippen LogP contribution is -2.32. The fourth-order valence-corrected chi connectivity index (χ4v) is 4.36. The van der Waals surface area contributed by atoms with Gasteiger partial charge in [0.2, 0.25) is 11.2 Å². The molecule has 1 aromatic carbocycles. The van der Waals surface area contributed by atoms with Gasteiger partial charge < -0.3 is 19.1 Å². The summed E-state index contributed by atoms with van der Waals surface area (Å²) in [7, 11) is 2.09. The van der Waals surface area contributed by atoms with E-state index in [4.69, 9.17) is 5.11 Å². The number of benzene rings is 1. The summed E-state index contributed by atoms with van der Waals surface area (Å²) in [6, 6.07) is 17.3. The maximum atomic E-state index is 9.52. The number of pyridine rings is 2. The summed E-state index contributed by atoms with van der Waals surface area (Å²) in [5.74, 6) is 0.313. The molecule has 37 heavy (non-hydrogen) atoms. The van der Waals surface area contributed by atoms with Crippen molar-refractivity contribution in [2.45, 2.75) is 20.8 Å². The van der Waals surface area contributed by atoms with E-state index in [1.54, 1.807) is 0 Å². The van der Waals surface area contributed by atoms with Crippen LogP contribution >= 0.6 is 0 Å². The third-order valence-corrected chi connectivity index (χ3v) is 6.83. The average molecular weight is 523 g/mol. The Morgan fingerprint density at radius 2 is 1.81 bits per heavy atom. The molecule has 0 atom stereocenters. The van der Waals surface area contributed by atoms with Crippen molar-refractivity contribution in [1.82, 2.24) is 9.55 Å². The molecule has 1 N–H and O–H groups in total. The number of aromatic nitrogens is 3. The lowest BCUT2D eigenvalue weighted by Gasteiger charge is -2.12. The van der Waals surface area contributed by atoms with Crippen LogP contribution in [0.5, 0.6) is 0 Å². The van der Waals surface area contributed by atoms with Crippen molar-refractivity contribution >= 4 is 38.9 Å². The molecule has 0 aliphatic heterocycles. The number of hydrogen-bond acceptors (Lipinski definition) is 6. The normalized spacial score (nSPS) is 11.6. The van der Waals surface area contributed by atoms with E-state index in [0.29, 0.717) is 0 Å². The van der Waals surface area contributed by atoms with Gasteiger partial charge in [-0.05, 0) is 68.3 Å². The molecule has 3 heterocycles. The number of anilines is 1. The largest absolute Gasteiger partial charge is 0.748 e. The molecule has 0 saturated heterocycles. The number of aliphatic hydroxyl groups excluding tert-OH is 1. The Morgan fingerprint density at radius 3 is 2.41 bits per heavy atom. The van der Waals surface area contributed by atoms with Crippen molar-refractivity contribution in [3.05, 3.63) is 82.9 Å². The topological polar surface area (TPSA) is 102 Å². The van der Waals surface area contributed by atoms with E-state index in [0.717, 1.165) is 5.82 Å². The first kappa shape index (κ1) is 28.0. The highest BCUT2D eigenvalue weighted by molar-refractivity contribution is 7.85. The Bertz CT molecular complexity index is 1540. The van der Waals surface area contributed by atoms with Crippen LogP contribution in [0.25, 0.3) is 28.9 Å². The molecule has 0 aliphatic rings. The highest BCUT2D eigenvalue weighted by Gasteiger charge is 2.13. The van der Waals surface area contributed by atoms with Crippen molar-refractivity contribution in [3.63, 3.8) is 0 Å². The zero-order valence-electron chi connectivity index (χ0n) is 22.1. The van der Waals surface area contributed by atoms with Gasteiger partial charge in [0, 0.05) is 61.0 Å². The Balaban J connectivity index is 0.000000479. The maximum Gasteiger partial charge on any atom is 0.212 e. The SMILES string of the molecule is Cc1cccnc1-n1c(C)cc(/C=C/c2ccc3cc(N(C)C)ccc3[n+]2C)c1C.O=S(=O)([O-])CCO. The molecule has 8 nitrogen and oxygen atoms in total. The number of fused-ring (bicyclic) bond motifs is 1. The number of nitrogens with zero attached hydrogens (tertiary/aromatic N) is 4. The molecule has 0 saturated carbocycles. The molecule has 0 amide bonds. The van der Waals surface area contributed by atoms with Gasteiger partial charge in [0.1, 0.15) is 12.9 Å². The molecular formula is C28H34N4O4S. The predicted octanol–water partition coefficient (Wildman–Crippen LogP) is 3.54. The van der Waals surface area contributed by atoms with E-state index in [1.165, 1.54) is 44.8 Å². The molecule has 4 rings (SSSR count). The highest BCUT2D eigenvalue weighted by Crippen LogP contribution is 2.24. The van der Waals surface area contributed by atoms with Gasteiger partial charge >= 0.3 is 0 Å². The molecule has 0 bridgehead atoms. The number of aryl methyl sites for hydroxylation is 3. The molecule has 9 heteroatoms. The minimum absolute atomic E-state index is 0.591. The van der Waals surface area contributed by atoms with Gasteiger partial charge in [-0.1, -0.05) is 6.07 Å². The lowest BCUT2D eigenvalue weighted by molar-refractivity contribution is -0.646. The zero-order valence-corrected chi connectivity index (χ0v) is 23.0. The van der Waals surface area contributed by atoms with Crippen LogP contribution in [0.15, 0.2) is 54.7 Å². The van der Waals surface area contributed by atoms with Crippen LogP contribution in [0.2, 0.25) is 0 Å². The summed E-state index contributed by atoms with van der Waals surface area (Å²) in [6.07, 6.45) is 6.25. The van der Waals surface area contributed by atoms with Gasteiger partial charge in [0.05, 0.1) is 22.5 Å². The standard InChI is InChI=1S/C26H29N4.C2H6O4S/c1-18-8-7-15-27-26(18)30-19(2)16-21(20(30)3)9-11-23-12-10-22-17-24(28(4)5)13-14-25(22)29(23)6;3-1-2-7(4,5)6/h7-17H,1-6H3;3H,1-2H2,(H,4,5,6)/q+1;/p-1.